The molecular formula is C25H39F2NO. The number of rotatable bonds is 5. The molecule has 1 heterocycles. The average molecular weight is 408 g/mol. The summed E-state index contributed by atoms with van der Waals surface area (Å²) in [4.78, 5) is 2.28. The summed E-state index contributed by atoms with van der Waals surface area (Å²) in [6.45, 7) is 4.95. The van der Waals surface area contributed by atoms with Crippen molar-refractivity contribution in [1.82, 2.24) is 4.90 Å². The Morgan fingerprint density at radius 2 is 2.00 bits per heavy atom. The highest BCUT2D eigenvalue weighted by Crippen LogP contribution is 2.58. The predicted octanol–water partition coefficient (Wildman–Crippen LogP) is 5.97. The van der Waals surface area contributed by atoms with Gasteiger partial charge in [-0.1, -0.05) is 30.2 Å². The number of allylic oxidation sites excluding steroid dienone is 3. The molecule has 29 heavy (non-hydrogen) atoms. The molecule has 1 N–H and O–H groups in total. The molecule has 0 aromatic rings. The van der Waals surface area contributed by atoms with Crippen molar-refractivity contribution in [3.63, 3.8) is 0 Å². The van der Waals surface area contributed by atoms with E-state index in [1.807, 2.05) is 0 Å². The van der Waals surface area contributed by atoms with Gasteiger partial charge in [0.25, 0.3) is 0 Å². The van der Waals surface area contributed by atoms with E-state index < -0.39 is 12.3 Å². The van der Waals surface area contributed by atoms with Crippen molar-refractivity contribution in [3.8, 4) is 0 Å². The lowest BCUT2D eigenvalue weighted by Gasteiger charge is -2.43. The van der Waals surface area contributed by atoms with Gasteiger partial charge >= 0.3 is 0 Å². The lowest BCUT2D eigenvalue weighted by atomic mass is 9.63. The van der Waals surface area contributed by atoms with Crippen LogP contribution in [0.1, 0.15) is 77.6 Å². The van der Waals surface area contributed by atoms with Gasteiger partial charge < -0.3 is 10.0 Å². The van der Waals surface area contributed by atoms with E-state index in [4.69, 9.17) is 0 Å². The predicted molar refractivity (Wildman–Crippen MR) is 114 cm³/mol. The first kappa shape index (κ1) is 21.5. The van der Waals surface area contributed by atoms with Crippen molar-refractivity contribution >= 4 is 0 Å². The lowest BCUT2D eigenvalue weighted by molar-refractivity contribution is 0.0783. The molecule has 4 rings (SSSR count). The Morgan fingerprint density at radius 3 is 2.76 bits per heavy atom. The number of likely N-dealkylation sites (tertiary alicyclic amines) is 1. The number of aliphatic hydroxyl groups is 1. The summed E-state index contributed by atoms with van der Waals surface area (Å²) in [5, 5.41) is 9.93. The molecule has 3 saturated carbocycles. The van der Waals surface area contributed by atoms with Crippen LogP contribution in [0.25, 0.3) is 0 Å². The van der Waals surface area contributed by atoms with Gasteiger partial charge in [-0.05, 0) is 101 Å². The molecule has 5 atom stereocenters. The maximum absolute atomic E-state index is 13.0. The van der Waals surface area contributed by atoms with Gasteiger partial charge in [-0.3, -0.25) is 0 Å². The van der Waals surface area contributed by atoms with Gasteiger partial charge in [0.1, 0.15) is 0 Å². The molecule has 164 valence electrons. The number of alkyl halides is 2. The molecule has 1 aliphatic heterocycles. The fourth-order valence-electron chi connectivity index (χ4n) is 6.88. The highest BCUT2D eigenvalue weighted by Gasteiger charge is 2.48. The smallest absolute Gasteiger partial charge is 0.242 e. The van der Waals surface area contributed by atoms with Gasteiger partial charge in [-0.15, -0.1) is 0 Å². The molecule has 0 amide bonds. The minimum atomic E-state index is -2.15. The van der Waals surface area contributed by atoms with Gasteiger partial charge in [0, 0.05) is 12.5 Å². The molecule has 1 saturated heterocycles. The number of hydrogen-bond acceptors (Lipinski definition) is 2. The second-order valence-electron chi connectivity index (χ2n) is 10.5. The van der Waals surface area contributed by atoms with Crippen LogP contribution in [-0.2, 0) is 0 Å². The maximum Gasteiger partial charge on any atom is 0.242 e. The van der Waals surface area contributed by atoms with E-state index in [1.165, 1.54) is 44.1 Å². The van der Waals surface area contributed by atoms with Crippen molar-refractivity contribution in [1.29, 1.82) is 0 Å². The number of halogens is 2. The van der Waals surface area contributed by atoms with E-state index in [-0.39, 0.29) is 6.10 Å². The molecule has 0 radical (unpaired) electrons. The fourth-order valence-corrected chi connectivity index (χ4v) is 6.88. The monoisotopic (exact) mass is 407 g/mol. The second kappa shape index (κ2) is 9.18. The number of hydrogen-bond donors (Lipinski definition) is 1. The van der Waals surface area contributed by atoms with Crippen molar-refractivity contribution in [2.75, 3.05) is 19.6 Å². The third kappa shape index (κ3) is 4.79. The van der Waals surface area contributed by atoms with Crippen molar-refractivity contribution < 1.29 is 13.9 Å². The van der Waals surface area contributed by atoms with E-state index >= 15 is 0 Å². The molecule has 4 heteroatoms. The van der Waals surface area contributed by atoms with Crippen LogP contribution in [0, 0.1) is 23.2 Å². The summed E-state index contributed by atoms with van der Waals surface area (Å²) in [7, 11) is 0. The van der Waals surface area contributed by atoms with E-state index in [0.29, 0.717) is 24.3 Å². The lowest BCUT2D eigenvalue weighted by Crippen LogP contribution is -2.35. The standard InChI is InChI=1S/C25H39F2NO/c1-25-13-3-5-19(8-7-18-4-2-6-22(29)16-18)23(25)10-9-21(25)12-15-28-14-11-20(17-28)24(26)27/h7-8,20-24,29H,2-6,9-17H2,1H3/b18-7-,19-8+/t20?,21-,22?,23?,25?/m1/s1. The molecular weight excluding hydrogens is 368 g/mol. The molecule has 0 aromatic carbocycles. The SMILES string of the molecule is CC12CCC/C(=C\C=C3\CCCC(O)C3)C1CC[C@@H]2CCN1CCC(C(F)F)C1. The normalized spacial score (nSPS) is 41.6. The zero-order valence-corrected chi connectivity index (χ0v) is 18.1. The van der Waals surface area contributed by atoms with Crippen LogP contribution in [-0.4, -0.2) is 42.2 Å². The summed E-state index contributed by atoms with van der Waals surface area (Å²) in [6, 6.07) is 0. The first-order valence-electron chi connectivity index (χ1n) is 12.0. The van der Waals surface area contributed by atoms with Crippen LogP contribution in [0.4, 0.5) is 8.78 Å². The Hall–Kier alpha value is -0.740. The zero-order chi connectivity index (χ0) is 20.4. The first-order valence-corrected chi connectivity index (χ1v) is 12.0. The summed E-state index contributed by atoms with van der Waals surface area (Å²) >= 11 is 0. The molecule has 3 aliphatic carbocycles. The largest absolute Gasteiger partial charge is 0.393 e. The molecule has 4 aliphatic rings. The Balaban J connectivity index is 1.36. The van der Waals surface area contributed by atoms with Crippen molar-refractivity contribution in [2.24, 2.45) is 23.2 Å². The fraction of sp³-hybridized carbons (Fsp3) is 0.840. The first-order chi connectivity index (χ1) is 14.0. The van der Waals surface area contributed by atoms with E-state index in [9.17, 15) is 13.9 Å². The Bertz CT molecular complexity index is 630. The molecule has 4 fully saturated rings. The van der Waals surface area contributed by atoms with Gasteiger partial charge in [0.15, 0.2) is 0 Å². The van der Waals surface area contributed by atoms with Crippen LogP contribution in [0.2, 0.25) is 0 Å². The Kier molecular flexibility index (Phi) is 6.80. The van der Waals surface area contributed by atoms with Crippen LogP contribution in [0.15, 0.2) is 23.3 Å². The molecule has 0 bridgehead atoms. The molecule has 4 unspecified atom stereocenters. The van der Waals surface area contributed by atoms with Gasteiger partial charge in [-0.25, -0.2) is 8.78 Å². The number of aliphatic hydroxyl groups excluding tert-OH is 1. The Morgan fingerprint density at radius 1 is 1.14 bits per heavy atom. The van der Waals surface area contributed by atoms with Crippen LogP contribution >= 0.6 is 0 Å². The maximum atomic E-state index is 13.0. The quantitative estimate of drug-likeness (QED) is 0.607. The Labute approximate surface area is 175 Å². The topological polar surface area (TPSA) is 23.5 Å². The third-order valence-corrected chi connectivity index (χ3v) is 8.69. The van der Waals surface area contributed by atoms with Crippen molar-refractivity contribution in [2.45, 2.75) is 90.1 Å². The molecule has 0 aromatic heterocycles. The van der Waals surface area contributed by atoms with Crippen molar-refractivity contribution in [3.05, 3.63) is 23.3 Å². The highest BCUT2D eigenvalue weighted by molar-refractivity contribution is 5.25. The number of fused-ring (bicyclic) bond motifs is 1. The second-order valence-corrected chi connectivity index (χ2v) is 10.5. The van der Waals surface area contributed by atoms with E-state index in [0.717, 1.165) is 44.7 Å². The summed E-state index contributed by atoms with van der Waals surface area (Å²) in [6.07, 6.45) is 14.7. The van der Waals surface area contributed by atoms with Gasteiger partial charge in [0.05, 0.1) is 6.10 Å². The van der Waals surface area contributed by atoms with Crippen LogP contribution < -0.4 is 0 Å². The van der Waals surface area contributed by atoms with E-state index in [1.54, 1.807) is 5.57 Å². The van der Waals surface area contributed by atoms with Gasteiger partial charge in [-0.2, -0.15) is 0 Å². The van der Waals surface area contributed by atoms with E-state index in [2.05, 4.69) is 24.0 Å². The summed E-state index contributed by atoms with van der Waals surface area (Å²) in [5.41, 5.74) is 3.43. The average Bonchev–Trinajstić information content (AvgIpc) is 3.29. The van der Waals surface area contributed by atoms with Gasteiger partial charge in [0.2, 0.25) is 6.43 Å². The zero-order valence-electron chi connectivity index (χ0n) is 18.1. The van der Waals surface area contributed by atoms with Crippen LogP contribution in [0.5, 0.6) is 0 Å². The number of nitrogens with zero attached hydrogens (tertiary/aromatic N) is 1. The minimum absolute atomic E-state index is 0.142. The highest BCUT2D eigenvalue weighted by atomic mass is 19.3. The summed E-state index contributed by atoms with van der Waals surface area (Å²) < 4.78 is 25.9. The molecule has 2 nitrogen and oxygen atoms in total. The minimum Gasteiger partial charge on any atom is -0.393 e. The third-order valence-electron chi connectivity index (χ3n) is 8.69. The summed E-state index contributed by atoms with van der Waals surface area (Å²) in [5.74, 6) is 1.02. The van der Waals surface area contributed by atoms with Crippen LogP contribution in [0.3, 0.4) is 0 Å². The molecule has 0 spiro atoms.